The summed E-state index contributed by atoms with van der Waals surface area (Å²) in [5.41, 5.74) is 2.01. The second-order valence-electron chi connectivity index (χ2n) is 4.92. The van der Waals surface area contributed by atoms with Crippen LogP contribution >= 0.6 is 11.6 Å². The molecule has 0 aliphatic carbocycles. The first-order valence-corrected chi connectivity index (χ1v) is 6.90. The molecule has 1 heterocycles. The van der Waals surface area contributed by atoms with Crippen LogP contribution in [0.25, 0.3) is 0 Å². The van der Waals surface area contributed by atoms with E-state index >= 15 is 0 Å². The molecule has 0 bridgehead atoms. The molecule has 0 aliphatic rings. The molecule has 0 fully saturated rings. The molecule has 20 heavy (non-hydrogen) atoms. The van der Waals surface area contributed by atoms with Gasteiger partial charge < -0.3 is 10.1 Å². The van der Waals surface area contributed by atoms with Crippen molar-refractivity contribution in [2.75, 3.05) is 0 Å². The summed E-state index contributed by atoms with van der Waals surface area (Å²) in [5, 5.41) is 3.94. The van der Waals surface area contributed by atoms with E-state index in [1.807, 2.05) is 19.1 Å². The van der Waals surface area contributed by atoms with Crippen LogP contribution in [-0.4, -0.2) is 16.0 Å². The van der Waals surface area contributed by atoms with Gasteiger partial charge in [-0.2, -0.15) is 0 Å². The van der Waals surface area contributed by atoms with Crippen molar-refractivity contribution in [3.8, 4) is 11.8 Å². The lowest BCUT2D eigenvalue weighted by atomic mass is 10.2. The summed E-state index contributed by atoms with van der Waals surface area (Å²) < 4.78 is 5.64. The number of nitrogens with one attached hydrogen (secondary N) is 1. The number of nitrogens with zero attached hydrogens (tertiary/aromatic N) is 2. The van der Waals surface area contributed by atoms with E-state index in [0.29, 0.717) is 22.8 Å². The Morgan fingerprint density at radius 1 is 1.25 bits per heavy atom. The minimum absolute atomic E-state index is 0.323. The summed E-state index contributed by atoms with van der Waals surface area (Å²) in [6.07, 6.45) is 3.52. The lowest BCUT2D eigenvalue weighted by Gasteiger charge is -2.09. The van der Waals surface area contributed by atoms with Crippen molar-refractivity contribution in [2.24, 2.45) is 0 Å². The van der Waals surface area contributed by atoms with Crippen LogP contribution in [0.1, 0.15) is 25.0 Å². The van der Waals surface area contributed by atoms with Crippen molar-refractivity contribution in [1.82, 2.24) is 15.3 Å². The molecule has 1 aromatic heterocycles. The van der Waals surface area contributed by atoms with E-state index in [9.17, 15) is 0 Å². The highest BCUT2D eigenvalue weighted by atomic mass is 35.5. The quantitative estimate of drug-likeness (QED) is 0.912. The smallest absolute Gasteiger partial charge is 0.321 e. The van der Waals surface area contributed by atoms with Crippen LogP contribution in [0.2, 0.25) is 5.02 Å². The molecule has 0 saturated carbocycles. The summed E-state index contributed by atoms with van der Waals surface area (Å²) in [6, 6.07) is 6.24. The molecule has 2 rings (SSSR count). The fourth-order valence-electron chi connectivity index (χ4n) is 1.59. The van der Waals surface area contributed by atoms with Crippen LogP contribution in [0, 0.1) is 6.92 Å². The monoisotopic (exact) mass is 291 g/mol. The van der Waals surface area contributed by atoms with E-state index in [1.54, 1.807) is 18.5 Å². The van der Waals surface area contributed by atoms with Gasteiger partial charge in [0.25, 0.3) is 0 Å². The van der Waals surface area contributed by atoms with Gasteiger partial charge in [-0.05, 0) is 24.6 Å². The predicted octanol–water partition coefficient (Wildman–Crippen LogP) is 3.73. The lowest BCUT2D eigenvalue weighted by Crippen LogP contribution is -2.21. The average molecular weight is 292 g/mol. The lowest BCUT2D eigenvalue weighted by molar-refractivity contribution is 0.437. The van der Waals surface area contributed by atoms with Gasteiger partial charge in [0.15, 0.2) is 0 Å². The van der Waals surface area contributed by atoms with Gasteiger partial charge in [0.1, 0.15) is 5.75 Å². The number of hydrogen-bond acceptors (Lipinski definition) is 4. The van der Waals surface area contributed by atoms with Crippen molar-refractivity contribution in [3.05, 3.63) is 46.7 Å². The van der Waals surface area contributed by atoms with Gasteiger partial charge in [-0.15, -0.1) is 0 Å². The standard InChI is InChI=1S/C15H18ClN3O/c1-10(2)17-7-12-8-18-15(19-9-12)20-14-6-13(16)5-4-11(14)3/h4-6,8-10,17H,7H2,1-3H3. The SMILES string of the molecule is Cc1ccc(Cl)cc1Oc1ncc(CNC(C)C)cn1. The number of aryl methyl sites for hydroxylation is 1. The molecule has 0 saturated heterocycles. The Hall–Kier alpha value is -1.65. The molecule has 0 amide bonds. The maximum atomic E-state index is 5.95. The molecule has 1 aromatic carbocycles. The third-order valence-electron chi connectivity index (χ3n) is 2.75. The van der Waals surface area contributed by atoms with Crippen LogP contribution in [0.4, 0.5) is 0 Å². The molecular formula is C15H18ClN3O. The molecule has 2 aromatic rings. The number of ether oxygens (including phenoxy) is 1. The highest BCUT2D eigenvalue weighted by Gasteiger charge is 2.05. The maximum absolute atomic E-state index is 5.95. The average Bonchev–Trinajstić information content (AvgIpc) is 2.42. The topological polar surface area (TPSA) is 47.0 Å². The molecule has 0 atom stereocenters. The van der Waals surface area contributed by atoms with Crippen molar-refractivity contribution in [1.29, 1.82) is 0 Å². The number of hydrogen-bond donors (Lipinski definition) is 1. The maximum Gasteiger partial charge on any atom is 0.321 e. The minimum atomic E-state index is 0.323. The Labute approximate surface area is 124 Å². The Bertz CT molecular complexity index is 570. The summed E-state index contributed by atoms with van der Waals surface area (Å²) in [5.74, 6) is 0.672. The zero-order chi connectivity index (χ0) is 14.5. The highest BCUT2D eigenvalue weighted by molar-refractivity contribution is 6.30. The zero-order valence-corrected chi connectivity index (χ0v) is 12.6. The Morgan fingerprint density at radius 2 is 1.95 bits per heavy atom. The van der Waals surface area contributed by atoms with Crippen molar-refractivity contribution < 1.29 is 4.74 Å². The molecule has 0 radical (unpaired) electrons. The van der Waals surface area contributed by atoms with E-state index in [0.717, 1.165) is 17.7 Å². The number of benzene rings is 1. The van der Waals surface area contributed by atoms with Crippen LogP contribution in [0.3, 0.4) is 0 Å². The second-order valence-corrected chi connectivity index (χ2v) is 5.36. The molecule has 106 valence electrons. The van der Waals surface area contributed by atoms with E-state index in [-0.39, 0.29) is 0 Å². The Balaban J connectivity index is 2.05. The van der Waals surface area contributed by atoms with Crippen molar-refractivity contribution in [2.45, 2.75) is 33.4 Å². The Morgan fingerprint density at radius 3 is 2.60 bits per heavy atom. The van der Waals surface area contributed by atoms with E-state index in [1.165, 1.54) is 0 Å². The van der Waals surface area contributed by atoms with Crippen LogP contribution in [-0.2, 0) is 6.54 Å². The fraction of sp³-hybridized carbons (Fsp3) is 0.333. The number of halogens is 1. The van der Waals surface area contributed by atoms with Crippen LogP contribution < -0.4 is 10.1 Å². The van der Waals surface area contributed by atoms with Gasteiger partial charge in [-0.1, -0.05) is 31.5 Å². The summed E-state index contributed by atoms with van der Waals surface area (Å²) in [7, 11) is 0. The van der Waals surface area contributed by atoms with Gasteiger partial charge in [-0.25, -0.2) is 9.97 Å². The van der Waals surface area contributed by atoms with Crippen LogP contribution in [0.15, 0.2) is 30.6 Å². The van der Waals surface area contributed by atoms with E-state index in [2.05, 4.69) is 29.1 Å². The summed E-state index contributed by atoms with van der Waals surface area (Å²) in [6.45, 7) is 6.89. The molecule has 0 aliphatic heterocycles. The normalized spacial score (nSPS) is 10.8. The minimum Gasteiger partial charge on any atom is -0.424 e. The molecule has 1 N–H and O–H groups in total. The molecular weight excluding hydrogens is 274 g/mol. The summed E-state index contributed by atoms with van der Waals surface area (Å²) in [4.78, 5) is 8.41. The molecule has 0 spiro atoms. The van der Waals surface area contributed by atoms with E-state index in [4.69, 9.17) is 16.3 Å². The predicted molar refractivity (Wildman–Crippen MR) is 80.3 cm³/mol. The van der Waals surface area contributed by atoms with Crippen LogP contribution in [0.5, 0.6) is 11.8 Å². The second kappa shape index (κ2) is 6.68. The third kappa shape index (κ3) is 4.18. The molecule has 0 unspecified atom stereocenters. The summed E-state index contributed by atoms with van der Waals surface area (Å²) >= 11 is 5.95. The molecule has 4 nitrogen and oxygen atoms in total. The fourth-order valence-corrected chi connectivity index (χ4v) is 1.75. The van der Waals surface area contributed by atoms with Gasteiger partial charge in [0.2, 0.25) is 0 Å². The number of aromatic nitrogens is 2. The first kappa shape index (κ1) is 14.8. The molecule has 5 heteroatoms. The Kier molecular flexibility index (Phi) is 4.93. The van der Waals surface area contributed by atoms with Gasteiger partial charge in [0, 0.05) is 35.6 Å². The van der Waals surface area contributed by atoms with Gasteiger partial charge >= 0.3 is 6.01 Å². The highest BCUT2D eigenvalue weighted by Crippen LogP contribution is 2.25. The van der Waals surface area contributed by atoms with Crippen molar-refractivity contribution >= 4 is 11.6 Å². The van der Waals surface area contributed by atoms with Crippen molar-refractivity contribution in [3.63, 3.8) is 0 Å². The first-order chi connectivity index (χ1) is 9.54. The third-order valence-corrected chi connectivity index (χ3v) is 2.98. The van der Waals surface area contributed by atoms with Gasteiger partial charge in [-0.3, -0.25) is 0 Å². The largest absolute Gasteiger partial charge is 0.424 e. The first-order valence-electron chi connectivity index (χ1n) is 6.53. The van der Waals surface area contributed by atoms with Gasteiger partial charge in [0.05, 0.1) is 0 Å². The number of rotatable bonds is 5. The van der Waals surface area contributed by atoms with E-state index < -0.39 is 0 Å². The zero-order valence-electron chi connectivity index (χ0n) is 11.9.